The van der Waals surface area contributed by atoms with Crippen LogP contribution >= 0.6 is 0 Å². The van der Waals surface area contributed by atoms with E-state index in [0.717, 1.165) is 27.3 Å². The molecule has 0 spiro atoms. The van der Waals surface area contributed by atoms with Crippen LogP contribution in [0.25, 0.3) is 21.5 Å². The van der Waals surface area contributed by atoms with Crippen LogP contribution < -0.4 is 9.47 Å². The monoisotopic (exact) mass is 280 g/mol. The number of hydrogen-bond donors (Lipinski definition) is 0. The lowest BCUT2D eigenvalue weighted by atomic mass is 9.97. The number of methoxy groups -OCH3 is 1. The van der Waals surface area contributed by atoms with Crippen LogP contribution in [-0.2, 0) is 4.74 Å². The number of rotatable bonds is 1. The third kappa shape index (κ3) is 1.72. The molecule has 4 rings (SSSR count). The highest BCUT2D eigenvalue weighted by atomic mass is 16.7. The first-order valence-electron chi connectivity index (χ1n) is 6.61. The van der Waals surface area contributed by atoms with Crippen LogP contribution in [0.2, 0.25) is 0 Å². The van der Waals surface area contributed by atoms with E-state index in [1.54, 1.807) is 0 Å². The summed E-state index contributed by atoms with van der Waals surface area (Å²) in [7, 11) is 1.39. The summed E-state index contributed by atoms with van der Waals surface area (Å²) >= 11 is 0. The number of hydrogen-bond acceptors (Lipinski definition) is 4. The third-order valence-corrected chi connectivity index (χ3v) is 3.76. The average Bonchev–Trinajstić information content (AvgIpc) is 2.98. The van der Waals surface area contributed by atoms with Gasteiger partial charge in [0.1, 0.15) is 0 Å². The molecule has 3 aromatic carbocycles. The van der Waals surface area contributed by atoms with Crippen molar-refractivity contribution >= 4 is 27.5 Å². The molecule has 0 saturated heterocycles. The molecule has 3 aromatic rings. The fraction of sp³-hybridized carbons (Fsp3) is 0.118. The number of esters is 1. The maximum atomic E-state index is 12.0. The molecule has 0 saturated carbocycles. The van der Waals surface area contributed by atoms with Crippen LogP contribution in [0, 0.1) is 0 Å². The fourth-order valence-corrected chi connectivity index (χ4v) is 2.78. The lowest BCUT2D eigenvalue weighted by Crippen LogP contribution is -2.02. The van der Waals surface area contributed by atoms with Gasteiger partial charge in [-0.05, 0) is 39.7 Å². The van der Waals surface area contributed by atoms with Crippen molar-refractivity contribution in [1.29, 1.82) is 0 Å². The lowest BCUT2D eigenvalue weighted by molar-refractivity contribution is 0.0603. The zero-order chi connectivity index (χ0) is 14.4. The van der Waals surface area contributed by atoms with E-state index in [0.29, 0.717) is 11.3 Å². The first kappa shape index (κ1) is 12.0. The molecular formula is C17H12O4. The van der Waals surface area contributed by atoms with Gasteiger partial charge in [-0.25, -0.2) is 4.79 Å². The minimum Gasteiger partial charge on any atom is -0.465 e. The van der Waals surface area contributed by atoms with Gasteiger partial charge in [-0.3, -0.25) is 0 Å². The Balaban J connectivity index is 2.14. The van der Waals surface area contributed by atoms with Gasteiger partial charge in [0.25, 0.3) is 0 Å². The smallest absolute Gasteiger partial charge is 0.338 e. The Hall–Kier alpha value is -2.75. The van der Waals surface area contributed by atoms with Gasteiger partial charge in [0, 0.05) is 0 Å². The summed E-state index contributed by atoms with van der Waals surface area (Å²) < 4.78 is 15.7. The van der Waals surface area contributed by atoms with Gasteiger partial charge in [-0.15, -0.1) is 0 Å². The zero-order valence-electron chi connectivity index (χ0n) is 11.4. The second-order valence-electron chi connectivity index (χ2n) is 4.89. The summed E-state index contributed by atoms with van der Waals surface area (Å²) in [6.07, 6.45) is 0. The minimum absolute atomic E-state index is 0.230. The summed E-state index contributed by atoms with van der Waals surface area (Å²) in [6, 6.07) is 13.5. The molecule has 0 aliphatic carbocycles. The molecule has 1 heterocycles. The largest absolute Gasteiger partial charge is 0.465 e. The topological polar surface area (TPSA) is 44.8 Å². The van der Waals surface area contributed by atoms with E-state index in [1.165, 1.54) is 7.11 Å². The summed E-state index contributed by atoms with van der Waals surface area (Å²) in [4.78, 5) is 12.0. The van der Waals surface area contributed by atoms with Crippen molar-refractivity contribution < 1.29 is 19.0 Å². The molecule has 0 atom stereocenters. The van der Waals surface area contributed by atoms with Gasteiger partial charge in [0.05, 0.1) is 12.7 Å². The van der Waals surface area contributed by atoms with Crippen LogP contribution in [-0.4, -0.2) is 19.9 Å². The molecule has 0 N–H and O–H groups in total. The van der Waals surface area contributed by atoms with Crippen LogP contribution in [0.5, 0.6) is 11.5 Å². The zero-order valence-corrected chi connectivity index (χ0v) is 11.4. The molecule has 0 aromatic heterocycles. The SMILES string of the molecule is COC(=O)c1cc2cc3c(cc2c2ccccc12)OCO3. The highest BCUT2D eigenvalue weighted by Crippen LogP contribution is 2.39. The van der Waals surface area contributed by atoms with E-state index in [4.69, 9.17) is 14.2 Å². The molecule has 1 aliphatic rings. The van der Waals surface area contributed by atoms with Gasteiger partial charge in [-0.2, -0.15) is 0 Å². The van der Waals surface area contributed by atoms with Crippen LogP contribution in [0.4, 0.5) is 0 Å². The molecule has 4 nitrogen and oxygen atoms in total. The normalized spacial score (nSPS) is 12.8. The Morgan fingerprint density at radius 1 is 1.00 bits per heavy atom. The molecule has 21 heavy (non-hydrogen) atoms. The number of carbonyl (C=O) groups is 1. The number of benzene rings is 3. The van der Waals surface area contributed by atoms with E-state index >= 15 is 0 Å². The van der Waals surface area contributed by atoms with Gasteiger partial charge >= 0.3 is 5.97 Å². The molecule has 1 aliphatic heterocycles. The van der Waals surface area contributed by atoms with E-state index in [-0.39, 0.29) is 12.8 Å². The van der Waals surface area contributed by atoms with Crippen molar-refractivity contribution in [2.24, 2.45) is 0 Å². The van der Waals surface area contributed by atoms with Crippen LogP contribution in [0.1, 0.15) is 10.4 Å². The molecule has 104 valence electrons. The summed E-state index contributed by atoms with van der Waals surface area (Å²) in [5.74, 6) is 1.10. The third-order valence-electron chi connectivity index (χ3n) is 3.76. The van der Waals surface area contributed by atoms with E-state index in [9.17, 15) is 4.79 Å². The number of fused-ring (bicyclic) bond motifs is 4. The van der Waals surface area contributed by atoms with Crippen molar-refractivity contribution in [3.8, 4) is 11.5 Å². The Bertz CT molecular complexity index is 883. The number of ether oxygens (including phenoxy) is 3. The Morgan fingerprint density at radius 3 is 2.48 bits per heavy atom. The standard InChI is InChI=1S/C17H12O4/c1-19-17(18)14-6-10-7-15-16(21-9-20-15)8-13(10)11-4-2-3-5-12(11)14/h2-8H,9H2,1H3. The Kier molecular flexibility index (Phi) is 2.51. The fourth-order valence-electron chi connectivity index (χ4n) is 2.78. The van der Waals surface area contributed by atoms with Crippen molar-refractivity contribution in [1.82, 2.24) is 0 Å². The van der Waals surface area contributed by atoms with Crippen LogP contribution in [0.3, 0.4) is 0 Å². The van der Waals surface area contributed by atoms with Crippen molar-refractivity contribution in [3.63, 3.8) is 0 Å². The van der Waals surface area contributed by atoms with Gasteiger partial charge < -0.3 is 14.2 Å². The first-order chi connectivity index (χ1) is 10.3. The predicted molar refractivity (Wildman–Crippen MR) is 78.9 cm³/mol. The van der Waals surface area contributed by atoms with Crippen molar-refractivity contribution in [3.05, 3.63) is 48.0 Å². The first-order valence-corrected chi connectivity index (χ1v) is 6.61. The molecule has 0 radical (unpaired) electrons. The molecule has 0 amide bonds. The highest BCUT2D eigenvalue weighted by Gasteiger charge is 2.18. The van der Waals surface area contributed by atoms with Crippen molar-refractivity contribution in [2.75, 3.05) is 13.9 Å². The molecule has 0 bridgehead atoms. The highest BCUT2D eigenvalue weighted by molar-refractivity contribution is 6.16. The van der Waals surface area contributed by atoms with E-state index < -0.39 is 0 Å². The molecule has 4 heteroatoms. The van der Waals surface area contributed by atoms with E-state index in [2.05, 4.69) is 0 Å². The summed E-state index contributed by atoms with van der Waals surface area (Å²) in [6.45, 7) is 0.230. The quantitative estimate of drug-likeness (QED) is 0.505. The maximum absolute atomic E-state index is 12.0. The van der Waals surface area contributed by atoms with Gasteiger partial charge in [0.15, 0.2) is 11.5 Å². The second-order valence-corrected chi connectivity index (χ2v) is 4.89. The summed E-state index contributed by atoms with van der Waals surface area (Å²) in [5, 5.41) is 3.82. The Morgan fingerprint density at radius 2 is 1.71 bits per heavy atom. The van der Waals surface area contributed by atoms with Crippen molar-refractivity contribution in [2.45, 2.75) is 0 Å². The molecule has 0 fully saturated rings. The summed E-state index contributed by atoms with van der Waals surface area (Å²) in [5.41, 5.74) is 0.555. The van der Waals surface area contributed by atoms with Crippen LogP contribution in [0.15, 0.2) is 42.5 Å². The predicted octanol–water partition coefficient (Wildman–Crippen LogP) is 3.51. The minimum atomic E-state index is -0.342. The lowest BCUT2D eigenvalue weighted by Gasteiger charge is -2.10. The van der Waals surface area contributed by atoms with Gasteiger partial charge in [0.2, 0.25) is 6.79 Å². The Labute approximate surface area is 120 Å². The maximum Gasteiger partial charge on any atom is 0.338 e. The average molecular weight is 280 g/mol. The molecule has 0 unspecified atom stereocenters. The van der Waals surface area contributed by atoms with E-state index in [1.807, 2.05) is 42.5 Å². The van der Waals surface area contributed by atoms with Gasteiger partial charge in [-0.1, -0.05) is 24.3 Å². The number of carbonyl (C=O) groups excluding carboxylic acids is 1. The second kappa shape index (κ2) is 4.38. The molecular weight excluding hydrogens is 268 g/mol.